The number of ketones is 1. The van der Waals surface area contributed by atoms with Crippen LogP contribution in [-0.2, 0) is 10.4 Å². The van der Waals surface area contributed by atoms with E-state index < -0.39 is 18.0 Å². The number of aryl methyl sites for hydroxylation is 1. The number of carbonyl (C=O) groups is 2. The van der Waals surface area contributed by atoms with E-state index in [1.54, 1.807) is 25.1 Å². The van der Waals surface area contributed by atoms with Gasteiger partial charge in [0, 0.05) is 18.0 Å². The summed E-state index contributed by atoms with van der Waals surface area (Å²) < 4.78 is 20.0. The van der Waals surface area contributed by atoms with Gasteiger partial charge in [0.1, 0.15) is 23.1 Å². The maximum absolute atomic E-state index is 14.9. The third-order valence-corrected chi connectivity index (χ3v) is 8.12. The van der Waals surface area contributed by atoms with Crippen molar-refractivity contribution in [3.8, 4) is 5.75 Å². The molecule has 0 bridgehead atoms. The summed E-state index contributed by atoms with van der Waals surface area (Å²) >= 11 is 2.35. The number of benzene rings is 1. The van der Waals surface area contributed by atoms with Crippen molar-refractivity contribution in [2.45, 2.75) is 30.4 Å². The number of methoxy groups -OCH3 is 1. The zero-order chi connectivity index (χ0) is 24.5. The third kappa shape index (κ3) is 4.78. The van der Waals surface area contributed by atoms with Gasteiger partial charge in [-0.3, -0.25) is 9.59 Å². The summed E-state index contributed by atoms with van der Waals surface area (Å²) in [7, 11) is 1.38. The van der Waals surface area contributed by atoms with Crippen molar-refractivity contribution >= 4 is 45.7 Å². The van der Waals surface area contributed by atoms with Gasteiger partial charge >= 0.3 is 0 Å². The Morgan fingerprint density at radius 1 is 1.24 bits per heavy atom. The smallest absolute Gasteiger partial charge is 0.248 e. The molecule has 2 N–H and O–H groups in total. The first-order chi connectivity index (χ1) is 16.3. The van der Waals surface area contributed by atoms with Crippen molar-refractivity contribution in [1.29, 1.82) is 0 Å². The Hall–Kier alpha value is -2.60. The lowest BCUT2D eigenvalue weighted by Crippen LogP contribution is -2.45. The lowest BCUT2D eigenvalue weighted by molar-refractivity contribution is -0.138. The Morgan fingerprint density at radius 2 is 1.97 bits per heavy atom. The van der Waals surface area contributed by atoms with Crippen LogP contribution in [0, 0.1) is 12.7 Å². The van der Waals surface area contributed by atoms with Gasteiger partial charge in [-0.25, -0.2) is 14.4 Å². The molecule has 1 aromatic carbocycles. The summed E-state index contributed by atoms with van der Waals surface area (Å²) in [6.45, 7) is 1.83. The Kier molecular flexibility index (Phi) is 7.17. The first-order valence-electron chi connectivity index (χ1n) is 10.6. The molecule has 1 saturated heterocycles. The molecule has 1 aliphatic rings. The number of hydrogen-bond acceptors (Lipinski definition) is 9. The molecule has 1 aliphatic heterocycles. The number of aliphatic hydroxyl groups is 2. The van der Waals surface area contributed by atoms with Crippen LogP contribution in [0.4, 0.5) is 4.39 Å². The summed E-state index contributed by atoms with van der Waals surface area (Å²) in [5.41, 5.74) is -0.685. The molecule has 0 aliphatic carbocycles. The highest BCUT2D eigenvalue weighted by atomic mass is 32.2. The molecule has 2 aromatic heterocycles. The van der Waals surface area contributed by atoms with E-state index in [0.717, 1.165) is 11.8 Å². The maximum atomic E-state index is 14.9. The zero-order valence-corrected chi connectivity index (χ0v) is 20.3. The van der Waals surface area contributed by atoms with E-state index >= 15 is 0 Å². The molecule has 0 atom stereocenters. The van der Waals surface area contributed by atoms with Crippen LogP contribution in [0.15, 0.2) is 29.3 Å². The fraction of sp³-hybridized carbons (Fsp3) is 0.391. The van der Waals surface area contributed by atoms with Crippen LogP contribution in [0.1, 0.15) is 33.2 Å². The molecule has 1 fully saturated rings. The molecule has 3 heterocycles. The molecule has 4 rings (SSSR count). The van der Waals surface area contributed by atoms with E-state index in [2.05, 4.69) is 9.97 Å². The molecule has 0 spiro atoms. The van der Waals surface area contributed by atoms with Crippen molar-refractivity contribution < 1.29 is 28.9 Å². The maximum Gasteiger partial charge on any atom is 0.248 e. The number of thioether (sulfide) groups is 1. The van der Waals surface area contributed by atoms with Crippen molar-refractivity contribution in [3.05, 3.63) is 45.7 Å². The van der Waals surface area contributed by atoms with Crippen LogP contribution in [0.2, 0.25) is 0 Å². The molecular formula is C23H24FN3O5S2. The quantitative estimate of drug-likeness (QED) is 0.286. The highest BCUT2D eigenvalue weighted by molar-refractivity contribution is 8.00. The van der Waals surface area contributed by atoms with Gasteiger partial charge in [0.2, 0.25) is 5.91 Å². The average Bonchev–Trinajstić information content (AvgIpc) is 3.34. The number of piperidine rings is 1. The lowest BCUT2D eigenvalue weighted by Gasteiger charge is -2.37. The number of fused-ring (bicyclic) bond motifs is 1. The predicted molar refractivity (Wildman–Crippen MR) is 127 cm³/mol. The number of Topliss-reactive ketones (excluding diaryl/α,β-unsaturated/α-hetero) is 1. The van der Waals surface area contributed by atoms with E-state index in [1.807, 2.05) is 0 Å². The molecule has 0 radical (unpaired) electrons. The largest absolute Gasteiger partial charge is 0.494 e. The fourth-order valence-corrected chi connectivity index (χ4v) is 6.06. The molecule has 180 valence electrons. The van der Waals surface area contributed by atoms with Gasteiger partial charge in [-0.05, 0) is 44.0 Å². The summed E-state index contributed by atoms with van der Waals surface area (Å²) in [4.78, 5) is 35.8. The number of amides is 1. The van der Waals surface area contributed by atoms with Crippen LogP contribution < -0.4 is 4.74 Å². The molecule has 1 amide bonds. The van der Waals surface area contributed by atoms with Gasteiger partial charge in [-0.15, -0.1) is 11.3 Å². The number of ether oxygens (including phenoxy) is 1. The Bertz CT molecular complexity index is 1240. The summed E-state index contributed by atoms with van der Waals surface area (Å²) in [6, 6.07) is 6.58. The number of likely N-dealkylation sites (tertiary alicyclic amines) is 1. The number of aliphatic hydroxyl groups excluding tert-OH is 1. The van der Waals surface area contributed by atoms with Crippen molar-refractivity contribution in [3.63, 3.8) is 0 Å². The third-order valence-electron chi connectivity index (χ3n) is 5.82. The fourth-order valence-electron chi connectivity index (χ4n) is 3.92. The van der Waals surface area contributed by atoms with Gasteiger partial charge in [0.15, 0.2) is 17.3 Å². The number of rotatable bonds is 7. The standard InChI is InChI=1S/C23H24FN3O5S2/c1-13-25-14-3-4-16(32-2)21(24)20(14)22(26-13)33-12-15(29)17-5-6-18(34-17)23(31)7-9-27(10-8-23)19(30)11-28/h3-6,28,31H,7-12H2,1-2H3. The number of nitrogens with zero attached hydrogens (tertiary/aromatic N) is 3. The van der Waals surface area contributed by atoms with Crippen LogP contribution >= 0.6 is 23.1 Å². The average molecular weight is 506 g/mol. The second-order valence-electron chi connectivity index (χ2n) is 8.00. The van der Waals surface area contributed by atoms with Crippen LogP contribution in [0.3, 0.4) is 0 Å². The van der Waals surface area contributed by atoms with Gasteiger partial charge in [-0.2, -0.15) is 0 Å². The number of halogens is 1. The van der Waals surface area contributed by atoms with Crippen molar-refractivity contribution in [1.82, 2.24) is 14.9 Å². The van der Waals surface area contributed by atoms with Crippen LogP contribution in [0.5, 0.6) is 5.75 Å². The Labute approximate surface area is 203 Å². The van der Waals surface area contributed by atoms with Crippen molar-refractivity contribution in [2.75, 3.05) is 32.6 Å². The molecule has 0 saturated carbocycles. The molecule has 11 heteroatoms. The number of aromatic nitrogens is 2. The van der Waals surface area contributed by atoms with Gasteiger partial charge in [0.05, 0.1) is 28.6 Å². The zero-order valence-electron chi connectivity index (χ0n) is 18.7. The van der Waals surface area contributed by atoms with E-state index in [9.17, 15) is 19.1 Å². The summed E-state index contributed by atoms with van der Waals surface area (Å²) in [5, 5.41) is 20.7. The predicted octanol–water partition coefficient (Wildman–Crippen LogP) is 2.92. The number of carbonyl (C=O) groups excluding carboxylic acids is 2. The summed E-state index contributed by atoms with van der Waals surface area (Å²) in [5.74, 6) is -0.497. The van der Waals surface area contributed by atoms with E-state index in [1.165, 1.54) is 29.4 Å². The molecule has 0 unspecified atom stereocenters. The highest BCUT2D eigenvalue weighted by Crippen LogP contribution is 2.38. The van der Waals surface area contributed by atoms with E-state index in [0.29, 0.717) is 52.1 Å². The minimum atomic E-state index is -1.12. The topological polar surface area (TPSA) is 113 Å². The van der Waals surface area contributed by atoms with Crippen LogP contribution in [-0.4, -0.2) is 69.3 Å². The summed E-state index contributed by atoms with van der Waals surface area (Å²) in [6.07, 6.45) is 0.657. The Balaban J connectivity index is 1.48. The molecule has 8 nitrogen and oxygen atoms in total. The normalized spacial score (nSPS) is 15.5. The van der Waals surface area contributed by atoms with Crippen molar-refractivity contribution in [2.24, 2.45) is 0 Å². The highest BCUT2D eigenvalue weighted by Gasteiger charge is 2.36. The van der Waals surface area contributed by atoms with Gasteiger partial charge < -0.3 is 19.8 Å². The second kappa shape index (κ2) is 9.95. The molecule has 34 heavy (non-hydrogen) atoms. The second-order valence-corrected chi connectivity index (χ2v) is 10.0. The minimum absolute atomic E-state index is 0.0410. The van der Waals surface area contributed by atoms with E-state index in [4.69, 9.17) is 9.84 Å². The first kappa shape index (κ1) is 24.5. The minimum Gasteiger partial charge on any atom is -0.494 e. The van der Waals surface area contributed by atoms with Gasteiger partial charge in [0.25, 0.3) is 0 Å². The monoisotopic (exact) mass is 505 g/mol. The number of thiophene rings is 1. The molecule has 3 aromatic rings. The Morgan fingerprint density at radius 3 is 2.65 bits per heavy atom. The number of hydrogen-bond donors (Lipinski definition) is 2. The van der Waals surface area contributed by atoms with Gasteiger partial charge in [-0.1, -0.05) is 11.8 Å². The van der Waals surface area contributed by atoms with Crippen LogP contribution in [0.25, 0.3) is 10.9 Å². The lowest BCUT2D eigenvalue weighted by atomic mass is 9.90. The molecular weight excluding hydrogens is 481 g/mol. The van der Waals surface area contributed by atoms with E-state index in [-0.39, 0.29) is 28.6 Å². The SMILES string of the molecule is COc1ccc2nc(C)nc(SCC(=O)c3ccc(C4(O)CCN(C(=O)CO)CC4)s3)c2c1F. The first-order valence-corrected chi connectivity index (χ1v) is 12.4.